The highest BCUT2D eigenvalue weighted by Crippen LogP contribution is 2.22. The van der Waals surface area contributed by atoms with Gasteiger partial charge in [-0.05, 0) is 56.0 Å². The van der Waals surface area contributed by atoms with Gasteiger partial charge in [0.25, 0.3) is 11.8 Å². The number of aliphatic hydroxyl groups excluding tert-OH is 1. The Morgan fingerprint density at radius 3 is 2.39 bits per heavy atom. The molecule has 0 saturated carbocycles. The van der Waals surface area contributed by atoms with Crippen molar-refractivity contribution in [1.82, 2.24) is 31.5 Å². The fourth-order valence-corrected chi connectivity index (χ4v) is 5.99. The van der Waals surface area contributed by atoms with Crippen LogP contribution in [0.15, 0.2) is 77.6 Å². The lowest BCUT2D eigenvalue weighted by molar-refractivity contribution is -0.143. The Hall–Kier alpha value is -5.70. The van der Waals surface area contributed by atoms with Crippen LogP contribution in [-0.4, -0.2) is 101 Å². The topological polar surface area (TPSA) is 208 Å². The summed E-state index contributed by atoms with van der Waals surface area (Å²) in [5, 5.41) is 24.0. The lowest BCUT2D eigenvalue weighted by Gasteiger charge is -2.30. The summed E-state index contributed by atoms with van der Waals surface area (Å²) in [7, 11) is 0. The monoisotopic (exact) mass is 702 g/mol. The first-order valence-corrected chi connectivity index (χ1v) is 16.7. The zero-order chi connectivity index (χ0) is 36.5. The molecule has 1 fully saturated rings. The summed E-state index contributed by atoms with van der Waals surface area (Å²) in [6.07, 6.45) is 1.73. The molecule has 15 nitrogen and oxygen atoms in total. The highest BCUT2D eigenvalue weighted by molar-refractivity contribution is 5.97. The molecule has 6 rings (SSSR count). The van der Waals surface area contributed by atoms with Gasteiger partial charge >= 0.3 is 0 Å². The summed E-state index contributed by atoms with van der Waals surface area (Å²) < 4.78 is 10.7. The number of nitrogens with one attached hydrogen (secondary N) is 5. The third-order valence-electron chi connectivity index (χ3n) is 8.74. The highest BCUT2D eigenvalue weighted by Gasteiger charge is 2.44. The molecule has 2 aromatic carbocycles. The molecule has 0 unspecified atom stereocenters. The number of carbonyl (C=O) groups excluding carboxylic acids is 6. The number of nitrogens with zero attached hydrogens (tertiary/aromatic N) is 1. The minimum atomic E-state index is -1.49. The average molecular weight is 703 g/mol. The van der Waals surface area contributed by atoms with Crippen molar-refractivity contribution in [2.75, 3.05) is 19.7 Å². The zero-order valence-corrected chi connectivity index (χ0v) is 28.3. The van der Waals surface area contributed by atoms with Crippen LogP contribution in [0.5, 0.6) is 5.75 Å². The Morgan fingerprint density at radius 1 is 0.961 bits per heavy atom. The molecule has 1 saturated heterocycles. The van der Waals surface area contributed by atoms with E-state index in [-0.39, 0.29) is 31.5 Å². The number of hydrogen-bond acceptors (Lipinski definition) is 9. The van der Waals surface area contributed by atoms with E-state index in [1.54, 1.807) is 48.5 Å². The minimum absolute atomic E-state index is 0.0424. The van der Waals surface area contributed by atoms with Crippen LogP contribution < -0.4 is 31.3 Å². The molecule has 6 N–H and O–H groups in total. The summed E-state index contributed by atoms with van der Waals surface area (Å²) in [6.45, 7) is 2.55. The van der Waals surface area contributed by atoms with Gasteiger partial charge in [0.1, 0.15) is 36.2 Å². The van der Waals surface area contributed by atoms with E-state index >= 15 is 0 Å². The van der Waals surface area contributed by atoms with Crippen molar-refractivity contribution in [2.45, 2.75) is 69.4 Å². The number of furan rings is 1. The van der Waals surface area contributed by atoms with Crippen molar-refractivity contribution in [1.29, 1.82) is 0 Å². The van der Waals surface area contributed by atoms with Crippen LogP contribution >= 0.6 is 0 Å². The summed E-state index contributed by atoms with van der Waals surface area (Å²) in [5.41, 5.74) is 1.86. The molecule has 4 heterocycles. The standard InChI is InChI=1S/C36H42N6O9/c1-21-32(45)37-14-12-23-8-10-27(11-9-23)51-20-30(44)40-28(16-24-6-4-3-5-7-24)36(49)42-18-26(39-33(46)25-13-15-50-19-25)17-29(42)34(47)41-31(22(2)43)35(48)38-21/h3-11,13,15,19,21-22,26,28-29,31,43H,12,14,16-18,20H2,1-2H3,(H,37,45)(H,38,48)(H,39,46)(H,40,44)(H,41,47)/t21-,22+,26-,28-,29-,31-/m0/s1. The first-order chi connectivity index (χ1) is 24.5. The Kier molecular flexibility index (Phi) is 12.1. The lowest BCUT2D eigenvalue weighted by Crippen LogP contribution is -2.60. The molecule has 6 atom stereocenters. The number of fused-ring (bicyclic) bond motifs is 16. The van der Waals surface area contributed by atoms with Crippen molar-refractivity contribution in [3.05, 3.63) is 89.9 Å². The first kappa shape index (κ1) is 36.6. The maximum Gasteiger partial charge on any atom is 0.258 e. The van der Waals surface area contributed by atoms with Crippen molar-refractivity contribution in [2.24, 2.45) is 0 Å². The maximum absolute atomic E-state index is 14.4. The lowest BCUT2D eigenvalue weighted by atomic mass is 10.0. The van der Waals surface area contributed by atoms with Gasteiger partial charge in [0.15, 0.2) is 6.61 Å². The first-order valence-electron chi connectivity index (χ1n) is 16.7. The Bertz CT molecular complexity index is 1700. The minimum Gasteiger partial charge on any atom is -0.484 e. The molecular formula is C36H42N6O9. The fourth-order valence-electron chi connectivity index (χ4n) is 5.99. The molecule has 51 heavy (non-hydrogen) atoms. The largest absolute Gasteiger partial charge is 0.484 e. The Balaban J connectivity index is 1.45. The number of aliphatic hydroxyl groups is 1. The fraction of sp³-hybridized carbons (Fsp3) is 0.389. The van der Waals surface area contributed by atoms with Gasteiger partial charge in [-0.3, -0.25) is 28.8 Å². The van der Waals surface area contributed by atoms with Crippen LogP contribution in [0.3, 0.4) is 0 Å². The van der Waals surface area contributed by atoms with Crippen LogP contribution in [0.2, 0.25) is 0 Å². The Morgan fingerprint density at radius 2 is 1.71 bits per heavy atom. The Labute approximate surface area is 294 Å². The number of benzene rings is 2. The van der Waals surface area contributed by atoms with E-state index in [2.05, 4.69) is 26.6 Å². The van der Waals surface area contributed by atoms with Crippen LogP contribution in [0.1, 0.15) is 41.8 Å². The van der Waals surface area contributed by atoms with E-state index in [0.717, 1.165) is 11.1 Å². The van der Waals surface area contributed by atoms with E-state index in [1.165, 1.54) is 37.3 Å². The zero-order valence-electron chi connectivity index (χ0n) is 28.3. The van der Waals surface area contributed by atoms with E-state index in [4.69, 9.17) is 9.15 Å². The molecule has 0 aliphatic carbocycles. The number of hydrogen-bond donors (Lipinski definition) is 6. The van der Waals surface area contributed by atoms with Crippen LogP contribution in [-0.2, 0) is 36.8 Å². The summed E-state index contributed by atoms with van der Waals surface area (Å²) in [6, 6.07) is 11.9. The second kappa shape index (κ2) is 16.8. The van der Waals surface area contributed by atoms with E-state index < -0.39 is 78.4 Å². The molecule has 3 aliphatic rings. The van der Waals surface area contributed by atoms with Gasteiger partial charge in [0.2, 0.25) is 23.6 Å². The normalized spacial score (nSPS) is 24.4. The van der Waals surface area contributed by atoms with Gasteiger partial charge in [-0.2, -0.15) is 0 Å². The van der Waals surface area contributed by atoms with Crippen molar-refractivity contribution in [3.63, 3.8) is 0 Å². The molecule has 0 spiro atoms. The van der Waals surface area contributed by atoms with Crippen molar-refractivity contribution < 1.29 is 43.0 Å². The summed E-state index contributed by atoms with van der Waals surface area (Å²) >= 11 is 0. The van der Waals surface area contributed by atoms with Crippen molar-refractivity contribution >= 4 is 35.4 Å². The SMILES string of the molecule is C[C@@H]1NC(=O)[C@H]([C@@H](C)O)NC(=O)[C@@H]2C[C@H](NC(=O)c3ccoc3)CN2C(=O)[C@H](Cc2ccccc2)NC(=O)COc2ccc(cc2)CCNC1=O. The van der Waals surface area contributed by atoms with E-state index in [0.29, 0.717) is 12.2 Å². The second-order valence-electron chi connectivity index (χ2n) is 12.7. The van der Waals surface area contributed by atoms with Gasteiger partial charge in [-0.1, -0.05) is 42.5 Å². The van der Waals surface area contributed by atoms with E-state index in [9.17, 15) is 33.9 Å². The van der Waals surface area contributed by atoms with Crippen LogP contribution in [0.25, 0.3) is 0 Å². The van der Waals surface area contributed by atoms with Crippen LogP contribution in [0.4, 0.5) is 0 Å². The molecule has 2 bridgehead atoms. The van der Waals surface area contributed by atoms with Gasteiger partial charge < -0.3 is 45.7 Å². The maximum atomic E-state index is 14.4. The molecule has 270 valence electrons. The molecule has 1 aromatic heterocycles. The summed E-state index contributed by atoms with van der Waals surface area (Å²) in [4.78, 5) is 81.8. The van der Waals surface area contributed by atoms with Gasteiger partial charge in [-0.15, -0.1) is 0 Å². The summed E-state index contributed by atoms with van der Waals surface area (Å²) in [5.74, 6) is -3.32. The number of rotatable bonds is 5. The van der Waals surface area contributed by atoms with E-state index in [1.807, 2.05) is 6.07 Å². The molecule has 3 aromatic rings. The number of carbonyl (C=O) groups is 6. The number of ether oxygens (including phenoxy) is 1. The molecule has 15 heteroatoms. The smallest absolute Gasteiger partial charge is 0.258 e. The number of amides is 6. The van der Waals surface area contributed by atoms with Gasteiger partial charge in [0.05, 0.1) is 17.9 Å². The third kappa shape index (κ3) is 9.72. The predicted molar refractivity (Wildman–Crippen MR) is 182 cm³/mol. The quantitative estimate of drug-likeness (QED) is 0.195. The van der Waals surface area contributed by atoms with Crippen molar-refractivity contribution in [3.8, 4) is 5.75 Å². The second-order valence-corrected chi connectivity index (χ2v) is 12.7. The molecule has 3 aliphatic heterocycles. The molecule has 6 amide bonds. The highest BCUT2D eigenvalue weighted by atomic mass is 16.5. The molecule has 0 radical (unpaired) electrons. The third-order valence-corrected chi connectivity index (χ3v) is 8.74. The predicted octanol–water partition coefficient (Wildman–Crippen LogP) is -0.172. The van der Waals surface area contributed by atoms with Crippen LogP contribution in [0, 0.1) is 0 Å². The van der Waals surface area contributed by atoms with Gasteiger partial charge in [-0.25, -0.2) is 0 Å². The average Bonchev–Trinajstić information content (AvgIpc) is 3.81. The van der Waals surface area contributed by atoms with Gasteiger partial charge in [0, 0.05) is 25.6 Å². The molecular weight excluding hydrogens is 660 g/mol.